The van der Waals surface area contributed by atoms with Crippen LogP contribution in [0.15, 0.2) is 46.0 Å². The molecule has 3 heterocycles. The van der Waals surface area contributed by atoms with E-state index in [2.05, 4.69) is 9.62 Å². The molecular weight excluding hydrogens is 448 g/mol. The number of carbonyl (C=O) groups is 2. The molecule has 1 aromatic carbocycles. The molecule has 172 valence electrons. The summed E-state index contributed by atoms with van der Waals surface area (Å²) >= 11 is 1.15. The van der Waals surface area contributed by atoms with Crippen molar-refractivity contribution in [3.63, 3.8) is 0 Å². The van der Waals surface area contributed by atoms with Gasteiger partial charge in [0.15, 0.2) is 0 Å². The van der Waals surface area contributed by atoms with Gasteiger partial charge in [0.25, 0.3) is 15.9 Å². The Morgan fingerprint density at radius 1 is 0.875 bits per heavy atom. The van der Waals surface area contributed by atoms with Crippen molar-refractivity contribution in [3.8, 4) is 0 Å². The van der Waals surface area contributed by atoms with Gasteiger partial charge < -0.3 is 9.80 Å². The van der Waals surface area contributed by atoms with Gasteiger partial charge in [0.05, 0.1) is 6.54 Å². The summed E-state index contributed by atoms with van der Waals surface area (Å²) in [6.45, 7) is 4.61. The van der Waals surface area contributed by atoms with Crippen LogP contribution in [0.25, 0.3) is 0 Å². The summed E-state index contributed by atoms with van der Waals surface area (Å²) in [6, 6.07) is 9.72. The first-order valence-corrected chi connectivity index (χ1v) is 13.2. The van der Waals surface area contributed by atoms with Crippen molar-refractivity contribution in [2.75, 3.05) is 50.5 Å². The van der Waals surface area contributed by atoms with Crippen LogP contribution in [-0.4, -0.2) is 80.7 Å². The molecule has 0 saturated carbocycles. The van der Waals surface area contributed by atoms with E-state index in [9.17, 15) is 18.0 Å². The van der Waals surface area contributed by atoms with Crippen LogP contribution in [0, 0.1) is 0 Å². The first-order chi connectivity index (χ1) is 15.4. The lowest BCUT2D eigenvalue weighted by atomic mass is 10.1. The molecule has 1 N–H and O–H groups in total. The summed E-state index contributed by atoms with van der Waals surface area (Å²) in [7, 11) is -3.61. The van der Waals surface area contributed by atoms with Crippen LogP contribution < -0.4 is 4.72 Å². The van der Waals surface area contributed by atoms with Crippen LogP contribution in [0.4, 0.5) is 5.69 Å². The molecule has 0 bridgehead atoms. The molecule has 0 spiro atoms. The lowest BCUT2D eigenvalue weighted by Gasteiger charge is -2.36. The number of hydrogen-bond acceptors (Lipinski definition) is 6. The average molecular weight is 477 g/mol. The van der Waals surface area contributed by atoms with Crippen molar-refractivity contribution >= 4 is 38.9 Å². The molecule has 0 unspecified atom stereocenters. The molecule has 4 rings (SSSR count). The highest BCUT2D eigenvalue weighted by molar-refractivity contribution is 7.94. The normalized spacial score (nSPS) is 17.9. The number of rotatable bonds is 6. The Morgan fingerprint density at radius 3 is 2.19 bits per heavy atom. The molecule has 2 aromatic rings. The van der Waals surface area contributed by atoms with Gasteiger partial charge in [0.2, 0.25) is 5.91 Å². The van der Waals surface area contributed by atoms with Crippen molar-refractivity contribution in [2.24, 2.45) is 0 Å². The highest BCUT2D eigenvalue weighted by Crippen LogP contribution is 2.21. The maximum Gasteiger partial charge on any atom is 0.271 e. The van der Waals surface area contributed by atoms with Crippen molar-refractivity contribution in [1.29, 1.82) is 0 Å². The fourth-order valence-corrected chi connectivity index (χ4v) is 6.08. The predicted octanol–water partition coefficient (Wildman–Crippen LogP) is 2.32. The van der Waals surface area contributed by atoms with E-state index in [-0.39, 0.29) is 16.0 Å². The minimum atomic E-state index is -3.61. The van der Waals surface area contributed by atoms with Crippen LogP contribution in [0.1, 0.15) is 29.6 Å². The van der Waals surface area contributed by atoms with Gasteiger partial charge in [-0.3, -0.25) is 19.2 Å². The Labute approximate surface area is 192 Å². The summed E-state index contributed by atoms with van der Waals surface area (Å²) < 4.78 is 27.4. The SMILES string of the molecule is O=C(CN1CCN(C(=O)c2ccc(NS(=O)(=O)c3cccs3)cc2)CC1)N1CCCCC1. The summed E-state index contributed by atoms with van der Waals surface area (Å²) in [6.07, 6.45) is 3.37. The molecule has 2 aliphatic heterocycles. The number of nitrogens with one attached hydrogen (secondary N) is 1. The topological polar surface area (TPSA) is 90.0 Å². The Hall–Kier alpha value is -2.43. The van der Waals surface area contributed by atoms with Crippen LogP contribution in [-0.2, 0) is 14.8 Å². The van der Waals surface area contributed by atoms with E-state index in [0.29, 0.717) is 44.0 Å². The monoisotopic (exact) mass is 476 g/mol. The third-order valence-electron chi connectivity index (χ3n) is 5.87. The maximum atomic E-state index is 12.9. The summed E-state index contributed by atoms with van der Waals surface area (Å²) in [4.78, 5) is 31.2. The molecule has 0 atom stereocenters. The summed E-state index contributed by atoms with van der Waals surface area (Å²) in [5, 5.41) is 1.71. The van der Waals surface area contributed by atoms with Gasteiger partial charge in [0, 0.05) is 50.5 Å². The van der Waals surface area contributed by atoms with Gasteiger partial charge >= 0.3 is 0 Å². The van der Waals surface area contributed by atoms with Gasteiger partial charge in [-0.05, 0) is 55.0 Å². The van der Waals surface area contributed by atoms with Gasteiger partial charge in [-0.2, -0.15) is 0 Å². The number of benzene rings is 1. The number of hydrogen-bond donors (Lipinski definition) is 1. The van der Waals surface area contributed by atoms with Crippen molar-refractivity contribution in [2.45, 2.75) is 23.5 Å². The number of sulfonamides is 1. The van der Waals surface area contributed by atoms with E-state index in [4.69, 9.17) is 0 Å². The minimum Gasteiger partial charge on any atom is -0.342 e. The Balaban J connectivity index is 1.28. The zero-order valence-corrected chi connectivity index (χ0v) is 19.5. The molecule has 32 heavy (non-hydrogen) atoms. The highest BCUT2D eigenvalue weighted by atomic mass is 32.2. The van der Waals surface area contributed by atoms with Crippen LogP contribution >= 0.6 is 11.3 Å². The number of piperidine rings is 1. The molecule has 8 nitrogen and oxygen atoms in total. The number of amides is 2. The van der Waals surface area contributed by atoms with Crippen LogP contribution in [0.2, 0.25) is 0 Å². The number of carbonyl (C=O) groups excluding carboxylic acids is 2. The largest absolute Gasteiger partial charge is 0.342 e. The predicted molar refractivity (Wildman–Crippen MR) is 124 cm³/mol. The third kappa shape index (κ3) is 5.48. The van der Waals surface area contributed by atoms with E-state index in [1.807, 2.05) is 4.90 Å². The molecule has 1 aromatic heterocycles. The number of likely N-dealkylation sites (tertiary alicyclic amines) is 1. The first-order valence-electron chi connectivity index (χ1n) is 10.9. The molecule has 2 amide bonds. The standard InChI is InChI=1S/C22H28N4O4S2/c27-20(25-10-2-1-3-11-25)17-24-12-14-26(15-13-24)22(28)18-6-8-19(9-7-18)23-32(29,30)21-5-4-16-31-21/h4-9,16,23H,1-3,10-15,17H2. The van der Waals surface area contributed by atoms with Gasteiger partial charge in [-0.25, -0.2) is 8.42 Å². The zero-order valence-electron chi connectivity index (χ0n) is 17.9. The molecule has 10 heteroatoms. The molecule has 0 aliphatic carbocycles. The summed E-state index contributed by atoms with van der Waals surface area (Å²) in [5.41, 5.74) is 0.929. The van der Waals surface area contributed by atoms with E-state index in [1.54, 1.807) is 46.7 Å². The number of piperazine rings is 1. The molecule has 2 saturated heterocycles. The van der Waals surface area contributed by atoms with Crippen molar-refractivity contribution in [1.82, 2.24) is 14.7 Å². The van der Waals surface area contributed by atoms with E-state index >= 15 is 0 Å². The Morgan fingerprint density at radius 2 is 1.56 bits per heavy atom. The Bertz CT molecular complexity index is 1020. The second kappa shape index (κ2) is 10.0. The maximum absolute atomic E-state index is 12.9. The minimum absolute atomic E-state index is 0.0836. The molecule has 2 aliphatic rings. The number of anilines is 1. The second-order valence-corrected chi connectivity index (χ2v) is 11.0. The molecule has 2 fully saturated rings. The number of nitrogens with zero attached hydrogens (tertiary/aromatic N) is 3. The van der Waals surface area contributed by atoms with Gasteiger partial charge in [-0.15, -0.1) is 11.3 Å². The van der Waals surface area contributed by atoms with Crippen molar-refractivity contribution in [3.05, 3.63) is 47.3 Å². The fourth-order valence-electron chi connectivity index (χ4n) is 4.03. The van der Waals surface area contributed by atoms with Gasteiger partial charge in [0.1, 0.15) is 4.21 Å². The molecular formula is C22H28N4O4S2. The van der Waals surface area contributed by atoms with Crippen molar-refractivity contribution < 1.29 is 18.0 Å². The highest BCUT2D eigenvalue weighted by Gasteiger charge is 2.25. The first kappa shape index (κ1) is 22.8. The average Bonchev–Trinajstić information content (AvgIpc) is 3.36. The lowest BCUT2D eigenvalue weighted by Crippen LogP contribution is -2.52. The van der Waals surface area contributed by atoms with Gasteiger partial charge in [-0.1, -0.05) is 6.07 Å². The van der Waals surface area contributed by atoms with Crippen LogP contribution in [0.5, 0.6) is 0 Å². The smallest absolute Gasteiger partial charge is 0.271 e. The van der Waals surface area contributed by atoms with Crippen LogP contribution in [0.3, 0.4) is 0 Å². The molecule has 0 radical (unpaired) electrons. The Kier molecular flexibility index (Phi) is 7.12. The van der Waals surface area contributed by atoms with E-state index < -0.39 is 10.0 Å². The zero-order chi connectivity index (χ0) is 22.6. The van der Waals surface area contributed by atoms with E-state index in [0.717, 1.165) is 37.3 Å². The second-order valence-electron chi connectivity index (χ2n) is 8.12. The summed E-state index contributed by atoms with van der Waals surface area (Å²) in [5.74, 6) is 0.102. The third-order valence-corrected chi connectivity index (χ3v) is 8.65. The van der Waals surface area contributed by atoms with E-state index in [1.165, 1.54) is 6.42 Å². The fraction of sp³-hybridized carbons (Fsp3) is 0.455. The number of thiophene rings is 1. The quantitative estimate of drug-likeness (QED) is 0.691. The lowest BCUT2D eigenvalue weighted by molar-refractivity contribution is -0.133.